The molecule has 1 amide bonds. The van der Waals surface area contributed by atoms with Gasteiger partial charge in [0.25, 0.3) is 0 Å². The van der Waals surface area contributed by atoms with E-state index in [2.05, 4.69) is 20.8 Å². The number of nitrogens with one attached hydrogen (secondary N) is 2. The Labute approximate surface area is 144 Å². The van der Waals surface area contributed by atoms with Gasteiger partial charge in [-0.05, 0) is 61.0 Å². The first-order valence-electron chi connectivity index (χ1n) is 7.87. The Hall–Kier alpha value is -3.22. The van der Waals surface area contributed by atoms with Crippen LogP contribution in [0.3, 0.4) is 0 Å². The van der Waals surface area contributed by atoms with Crippen LogP contribution in [-0.2, 0) is 10.2 Å². The average Bonchev–Trinajstić information content (AvgIpc) is 3.02. The number of tetrazole rings is 1. The van der Waals surface area contributed by atoms with Crippen molar-refractivity contribution < 1.29 is 4.79 Å². The average molecular weight is 337 g/mol. The van der Waals surface area contributed by atoms with Gasteiger partial charge in [0.2, 0.25) is 5.91 Å². The maximum Gasteiger partial charge on any atom is 0.365 e. The molecule has 2 N–H and O–H groups in total. The molecule has 0 spiro atoms. The van der Waals surface area contributed by atoms with E-state index in [4.69, 9.17) is 0 Å². The summed E-state index contributed by atoms with van der Waals surface area (Å²) >= 11 is 0. The SMILES string of the molecule is Cc1ccc(C(C)(C)C(=O)Nc2ccc(-n3nn[nH]c3=O)cc2)cc1. The largest absolute Gasteiger partial charge is 0.365 e. The van der Waals surface area contributed by atoms with Crippen molar-refractivity contribution in [2.45, 2.75) is 26.2 Å². The lowest BCUT2D eigenvalue weighted by Gasteiger charge is -2.24. The third kappa shape index (κ3) is 3.35. The molecule has 1 heterocycles. The van der Waals surface area contributed by atoms with Gasteiger partial charge in [0.15, 0.2) is 0 Å². The van der Waals surface area contributed by atoms with Crippen LogP contribution in [-0.4, -0.2) is 26.1 Å². The van der Waals surface area contributed by atoms with Crippen molar-refractivity contribution in [1.29, 1.82) is 0 Å². The summed E-state index contributed by atoms with van der Waals surface area (Å²) in [6.07, 6.45) is 0. The molecule has 0 atom stereocenters. The number of amides is 1. The lowest BCUT2D eigenvalue weighted by atomic mass is 9.83. The lowest BCUT2D eigenvalue weighted by Crippen LogP contribution is -2.34. The summed E-state index contributed by atoms with van der Waals surface area (Å²) in [6.45, 7) is 5.78. The number of carbonyl (C=O) groups excluding carboxylic acids is 1. The second kappa shape index (κ2) is 6.35. The molecule has 0 aliphatic carbocycles. The van der Waals surface area contributed by atoms with Gasteiger partial charge < -0.3 is 5.32 Å². The number of aryl methyl sites for hydroxylation is 1. The van der Waals surface area contributed by atoms with E-state index >= 15 is 0 Å². The van der Waals surface area contributed by atoms with E-state index in [1.54, 1.807) is 24.3 Å². The summed E-state index contributed by atoms with van der Waals surface area (Å²) in [5.41, 5.74) is 2.22. The Bertz CT molecular complexity index is 937. The molecule has 1 aromatic heterocycles. The quantitative estimate of drug-likeness (QED) is 0.763. The Balaban J connectivity index is 1.77. The number of anilines is 1. The number of hydrogen-bond donors (Lipinski definition) is 2. The van der Waals surface area contributed by atoms with Gasteiger partial charge in [-0.3, -0.25) is 4.79 Å². The summed E-state index contributed by atoms with van der Waals surface area (Å²) in [5.74, 6) is -0.109. The van der Waals surface area contributed by atoms with Crippen molar-refractivity contribution in [3.8, 4) is 5.69 Å². The van der Waals surface area contributed by atoms with Crippen molar-refractivity contribution in [1.82, 2.24) is 20.2 Å². The molecule has 128 valence electrons. The van der Waals surface area contributed by atoms with Crippen LogP contribution in [0.1, 0.15) is 25.0 Å². The molecule has 0 unspecified atom stereocenters. The van der Waals surface area contributed by atoms with Gasteiger partial charge in [-0.25, -0.2) is 9.89 Å². The summed E-state index contributed by atoms with van der Waals surface area (Å²) in [6, 6.07) is 14.8. The number of rotatable bonds is 4. The van der Waals surface area contributed by atoms with Gasteiger partial charge in [-0.15, -0.1) is 0 Å². The highest BCUT2D eigenvalue weighted by Crippen LogP contribution is 2.25. The first-order chi connectivity index (χ1) is 11.9. The summed E-state index contributed by atoms with van der Waals surface area (Å²) in [7, 11) is 0. The molecule has 7 nitrogen and oxygen atoms in total. The molecule has 3 rings (SSSR count). The summed E-state index contributed by atoms with van der Waals surface area (Å²) in [4.78, 5) is 24.2. The van der Waals surface area contributed by atoms with Crippen LogP contribution in [0.25, 0.3) is 5.69 Å². The number of aromatic nitrogens is 4. The molecule has 0 radical (unpaired) electrons. The number of aromatic amines is 1. The van der Waals surface area contributed by atoms with Crippen LogP contribution in [0.2, 0.25) is 0 Å². The molecule has 25 heavy (non-hydrogen) atoms. The fourth-order valence-corrected chi connectivity index (χ4v) is 2.44. The number of H-pyrrole nitrogens is 1. The first kappa shape index (κ1) is 16.6. The fourth-order valence-electron chi connectivity index (χ4n) is 2.44. The highest BCUT2D eigenvalue weighted by molar-refractivity contribution is 5.98. The second-order valence-electron chi connectivity index (χ2n) is 6.41. The number of benzene rings is 2. The standard InChI is InChI=1S/C18H19N5O2/c1-12-4-6-13(7-5-12)18(2,3)16(24)19-14-8-10-15(11-9-14)23-17(25)20-21-22-23/h4-11H,1-3H3,(H,19,24)(H,20,22,25). The second-order valence-corrected chi connectivity index (χ2v) is 6.41. The zero-order chi connectivity index (χ0) is 18.0. The smallest absolute Gasteiger partial charge is 0.325 e. The Kier molecular flexibility index (Phi) is 4.22. The Morgan fingerprint density at radius 2 is 1.72 bits per heavy atom. The van der Waals surface area contributed by atoms with E-state index < -0.39 is 11.1 Å². The zero-order valence-corrected chi connectivity index (χ0v) is 14.3. The highest BCUT2D eigenvalue weighted by atomic mass is 16.2. The van der Waals surface area contributed by atoms with Gasteiger partial charge >= 0.3 is 5.69 Å². The molecule has 0 aliphatic heterocycles. The Morgan fingerprint density at radius 1 is 1.08 bits per heavy atom. The summed E-state index contributed by atoms with van der Waals surface area (Å²) < 4.78 is 1.14. The highest BCUT2D eigenvalue weighted by Gasteiger charge is 2.29. The molecular weight excluding hydrogens is 318 g/mol. The van der Waals surface area contributed by atoms with Crippen molar-refractivity contribution >= 4 is 11.6 Å². The predicted octanol–water partition coefficient (Wildman–Crippen LogP) is 2.18. The van der Waals surface area contributed by atoms with E-state index in [9.17, 15) is 9.59 Å². The fraction of sp³-hybridized carbons (Fsp3) is 0.222. The van der Waals surface area contributed by atoms with Gasteiger partial charge in [-0.2, -0.15) is 4.68 Å². The molecule has 0 saturated carbocycles. The van der Waals surface area contributed by atoms with Crippen molar-refractivity contribution in [2.75, 3.05) is 5.32 Å². The maximum absolute atomic E-state index is 12.7. The molecule has 0 aliphatic rings. The Morgan fingerprint density at radius 3 is 2.28 bits per heavy atom. The number of carbonyl (C=O) groups is 1. The molecule has 7 heteroatoms. The van der Waals surface area contributed by atoms with E-state index in [1.807, 2.05) is 45.0 Å². The molecule has 2 aromatic carbocycles. The molecule has 0 bridgehead atoms. The van der Waals surface area contributed by atoms with Gasteiger partial charge in [0, 0.05) is 5.69 Å². The van der Waals surface area contributed by atoms with E-state index in [0.717, 1.165) is 15.8 Å². The minimum absolute atomic E-state index is 0.109. The maximum atomic E-state index is 12.7. The number of nitrogens with zero attached hydrogens (tertiary/aromatic N) is 3. The predicted molar refractivity (Wildman–Crippen MR) is 94.8 cm³/mol. The van der Waals surface area contributed by atoms with E-state index in [0.29, 0.717) is 11.4 Å². The van der Waals surface area contributed by atoms with Crippen LogP contribution in [0.5, 0.6) is 0 Å². The minimum Gasteiger partial charge on any atom is -0.325 e. The van der Waals surface area contributed by atoms with Crippen LogP contribution < -0.4 is 11.0 Å². The summed E-state index contributed by atoms with van der Waals surface area (Å²) in [5, 5.41) is 12.3. The first-order valence-corrected chi connectivity index (χ1v) is 7.87. The molecular formula is C18H19N5O2. The van der Waals surface area contributed by atoms with Crippen molar-refractivity contribution in [3.05, 3.63) is 70.1 Å². The van der Waals surface area contributed by atoms with Gasteiger partial charge in [0.1, 0.15) is 0 Å². The van der Waals surface area contributed by atoms with Crippen LogP contribution in [0.15, 0.2) is 53.3 Å². The van der Waals surface area contributed by atoms with E-state index in [1.165, 1.54) is 0 Å². The number of hydrogen-bond acceptors (Lipinski definition) is 4. The minimum atomic E-state index is -0.671. The molecule has 0 fully saturated rings. The van der Waals surface area contributed by atoms with Crippen molar-refractivity contribution in [2.24, 2.45) is 0 Å². The van der Waals surface area contributed by atoms with Crippen molar-refractivity contribution in [3.63, 3.8) is 0 Å². The van der Waals surface area contributed by atoms with Crippen LogP contribution in [0.4, 0.5) is 5.69 Å². The molecule has 0 saturated heterocycles. The van der Waals surface area contributed by atoms with Crippen LogP contribution >= 0.6 is 0 Å². The van der Waals surface area contributed by atoms with Gasteiger partial charge in [-0.1, -0.05) is 29.8 Å². The van der Waals surface area contributed by atoms with E-state index in [-0.39, 0.29) is 5.91 Å². The zero-order valence-electron chi connectivity index (χ0n) is 14.3. The third-order valence-corrected chi connectivity index (χ3v) is 4.18. The third-order valence-electron chi connectivity index (χ3n) is 4.18. The van der Waals surface area contributed by atoms with Crippen LogP contribution in [0, 0.1) is 6.92 Å². The van der Waals surface area contributed by atoms with Gasteiger partial charge in [0.05, 0.1) is 11.1 Å². The lowest BCUT2D eigenvalue weighted by molar-refractivity contribution is -0.120. The normalized spacial score (nSPS) is 11.3. The molecule has 3 aromatic rings. The topological polar surface area (TPSA) is 92.7 Å². The monoisotopic (exact) mass is 337 g/mol.